The van der Waals surface area contributed by atoms with Gasteiger partial charge in [-0.05, 0) is 56.0 Å². The van der Waals surface area contributed by atoms with E-state index in [9.17, 15) is 9.59 Å². The molecule has 3 aromatic rings. The van der Waals surface area contributed by atoms with Gasteiger partial charge in [0.1, 0.15) is 5.75 Å². The number of benzene rings is 2. The second kappa shape index (κ2) is 8.11. The zero-order valence-electron chi connectivity index (χ0n) is 17.9. The number of hydrogen-bond donors (Lipinski definition) is 1. The molecule has 164 valence electrons. The highest BCUT2D eigenvalue weighted by Gasteiger charge is 2.45. The highest BCUT2D eigenvalue weighted by Crippen LogP contribution is 2.39. The number of ether oxygens (including phenoxy) is 1. The van der Waals surface area contributed by atoms with Gasteiger partial charge in [-0.3, -0.25) is 4.79 Å². The Bertz CT molecular complexity index is 1160. The molecular formula is C24H24N4O4. The van der Waals surface area contributed by atoms with Gasteiger partial charge < -0.3 is 14.6 Å². The number of aromatic nitrogens is 2. The number of nitrogens with one attached hydrogen (secondary N) is 1. The Hall–Kier alpha value is -3.68. The highest BCUT2D eigenvalue weighted by molar-refractivity contribution is 6.17. The molecule has 3 atom stereocenters. The third-order valence-electron chi connectivity index (χ3n) is 6.41. The van der Waals surface area contributed by atoms with E-state index in [1.54, 1.807) is 31.4 Å². The van der Waals surface area contributed by atoms with E-state index in [1.165, 1.54) is 4.90 Å². The van der Waals surface area contributed by atoms with Crippen molar-refractivity contribution in [3.05, 3.63) is 60.0 Å². The number of urea groups is 1. The minimum atomic E-state index is -0.409. The number of anilines is 1. The summed E-state index contributed by atoms with van der Waals surface area (Å²) in [5.74, 6) is 1.35. The number of amides is 3. The summed E-state index contributed by atoms with van der Waals surface area (Å²) in [6, 6.07) is 14.1. The predicted molar refractivity (Wildman–Crippen MR) is 117 cm³/mol. The summed E-state index contributed by atoms with van der Waals surface area (Å²) in [4.78, 5) is 31.8. The van der Waals surface area contributed by atoms with Crippen LogP contribution in [0.15, 0.2) is 53.1 Å². The lowest BCUT2D eigenvalue weighted by Crippen LogP contribution is -2.61. The number of aryl methyl sites for hydroxylation is 1. The molecule has 1 saturated carbocycles. The molecule has 5 rings (SSSR count). The van der Waals surface area contributed by atoms with Crippen molar-refractivity contribution in [1.29, 1.82) is 0 Å². The quantitative estimate of drug-likeness (QED) is 0.668. The standard InChI is InChI=1S/C24H24N4O4/c1-14-5-3-4-6-18(14)21-26-22(32-27-21)15-7-12-19-20(13-15)25-24(30)28(23(19)29)16-8-10-17(31-2)11-9-16/h3-6,8-11,15,19-20H,7,12-13H2,1-2H3,(H,25,30). The van der Waals surface area contributed by atoms with Crippen molar-refractivity contribution in [2.24, 2.45) is 5.92 Å². The highest BCUT2D eigenvalue weighted by atomic mass is 16.5. The largest absolute Gasteiger partial charge is 0.497 e. The Kier molecular flexibility index (Phi) is 5.13. The lowest BCUT2D eigenvalue weighted by Gasteiger charge is -2.41. The average Bonchev–Trinajstić information content (AvgIpc) is 3.29. The predicted octanol–water partition coefficient (Wildman–Crippen LogP) is 4.06. The van der Waals surface area contributed by atoms with Gasteiger partial charge in [0.25, 0.3) is 0 Å². The van der Waals surface area contributed by atoms with E-state index in [-0.39, 0.29) is 23.8 Å². The molecule has 3 amide bonds. The number of rotatable bonds is 4. The molecule has 0 spiro atoms. The second-order valence-electron chi connectivity index (χ2n) is 8.32. The maximum absolute atomic E-state index is 13.2. The first-order valence-corrected chi connectivity index (χ1v) is 10.7. The molecule has 32 heavy (non-hydrogen) atoms. The number of nitrogens with zero attached hydrogens (tertiary/aromatic N) is 3. The Morgan fingerprint density at radius 3 is 2.62 bits per heavy atom. The molecular weight excluding hydrogens is 408 g/mol. The van der Waals surface area contributed by atoms with E-state index in [1.807, 2.05) is 31.2 Å². The average molecular weight is 432 g/mol. The van der Waals surface area contributed by atoms with E-state index < -0.39 is 6.03 Å². The van der Waals surface area contributed by atoms with Gasteiger partial charge in [0.2, 0.25) is 17.6 Å². The zero-order valence-corrected chi connectivity index (χ0v) is 17.9. The van der Waals surface area contributed by atoms with Crippen LogP contribution in [0.25, 0.3) is 11.4 Å². The van der Waals surface area contributed by atoms with Crippen molar-refractivity contribution < 1.29 is 18.8 Å². The molecule has 8 nitrogen and oxygen atoms in total. The Morgan fingerprint density at radius 1 is 1.09 bits per heavy atom. The van der Waals surface area contributed by atoms with Crippen molar-refractivity contribution >= 4 is 17.6 Å². The number of imide groups is 1. The normalized spacial score (nSPS) is 22.9. The fourth-order valence-corrected chi connectivity index (χ4v) is 4.65. The number of carbonyl (C=O) groups is 2. The molecule has 2 aliphatic rings. The van der Waals surface area contributed by atoms with Crippen LogP contribution in [0, 0.1) is 12.8 Å². The molecule has 0 radical (unpaired) electrons. The van der Waals surface area contributed by atoms with E-state index in [0.717, 1.165) is 17.5 Å². The van der Waals surface area contributed by atoms with Crippen molar-refractivity contribution in [3.8, 4) is 17.1 Å². The van der Waals surface area contributed by atoms with Crippen LogP contribution in [0.4, 0.5) is 10.5 Å². The first-order valence-electron chi connectivity index (χ1n) is 10.7. The summed E-state index contributed by atoms with van der Waals surface area (Å²) in [6.45, 7) is 2.01. The van der Waals surface area contributed by atoms with Crippen molar-refractivity contribution in [3.63, 3.8) is 0 Å². The summed E-state index contributed by atoms with van der Waals surface area (Å²) < 4.78 is 10.7. The van der Waals surface area contributed by atoms with E-state index in [4.69, 9.17) is 9.26 Å². The zero-order chi connectivity index (χ0) is 22.2. The smallest absolute Gasteiger partial charge is 0.328 e. The van der Waals surface area contributed by atoms with E-state index in [0.29, 0.717) is 36.0 Å². The molecule has 8 heteroatoms. The van der Waals surface area contributed by atoms with Gasteiger partial charge in [0.15, 0.2) is 0 Å². The van der Waals surface area contributed by atoms with Gasteiger partial charge in [0, 0.05) is 17.5 Å². The van der Waals surface area contributed by atoms with Crippen molar-refractivity contribution in [1.82, 2.24) is 15.5 Å². The van der Waals surface area contributed by atoms with Crippen LogP contribution < -0.4 is 15.0 Å². The molecule has 0 bridgehead atoms. The van der Waals surface area contributed by atoms with E-state index >= 15 is 0 Å². The van der Waals surface area contributed by atoms with Crippen molar-refractivity contribution in [2.75, 3.05) is 12.0 Å². The monoisotopic (exact) mass is 432 g/mol. The summed E-state index contributed by atoms with van der Waals surface area (Å²) in [5, 5.41) is 7.18. The van der Waals surface area contributed by atoms with Crippen LogP contribution in [0.5, 0.6) is 5.75 Å². The first kappa shape index (κ1) is 20.2. The van der Waals surface area contributed by atoms with Gasteiger partial charge in [-0.15, -0.1) is 0 Å². The van der Waals surface area contributed by atoms with Crippen LogP contribution in [0.1, 0.15) is 36.6 Å². The van der Waals surface area contributed by atoms with E-state index in [2.05, 4.69) is 15.5 Å². The number of hydrogen-bond acceptors (Lipinski definition) is 6. The topological polar surface area (TPSA) is 97.6 Å². The second-order valence-corrected chi connectivity index (χ2v) is 8.32. The van der Waals surface area contributed by atoms with Crippen molar-refractivity contribution in [2.45, 2.75) is 38.1 Å². The number of carbonyl (C=O) groups excluding carboxylic acids is 2. The first-order chi connectivity index (χ1) is 15.5. The molecule has 2 aromatic carbocycles. The van der Waals surface area contributed by atoms with Crippen LogP contribution in [-0.2, 0) is 4.79 Å². The molecule has 1 aromatic heterocycles. The third-order valence-corrected chi connectivity index (χ3v) is 6.41. The SMILES string of the molecule is COc1ccc(N2C(=O)NC3CC(c4nc(-c5ccccc5C)no4)CCC3C2=O)cc1. The van der Waals surface area contributed by atoms with Gasteiger partial charge in [-0.1, -0.05) is 29.4 Å². The summed E-state index contributed by atoms with van der Waals surface area (Å²) in [5.41, 5.74) is 2.55. The third kappa shape index (κ3) is 3.51. The molecule has 1 aliphatic carbocycles. The van der Waals surface area contributed by atoms with Crippen LogP contribution >= 0.6 is 0 Å². The number of methoxy groups -OCH3 is 1. The molecule has 1 saturated heterocycles. The summed E-state index contributed by atoms with van der Waals surface area (Å²) >= 11 is 0. The fourth-order valence-electron chi connectivity index (χ4n) is 4.65. The molecule has 2 fully saturated rings. The van der Waals surface area contributed by atoms with Crippen LogP contribution in [-0.4, -0.2) is 35.2 Å². The summed E-state index contributed by atoms with van der Waals surface area (Å²) in [7, 11) is 1.57. The molecule has 1 aliphatic heterocycles. The van der Waals surface area contributed by atoms with Gasteiger partial charge in [0.05, 0.1) is 18.7 Å². The molecule has 2 heterocycles. The Morgan fingerprint density at radius 2 is 1.88 bits per heavy atom. The lowest BCUT2D eigenvalue weighted by atomic mass is 9.76. The van der Waals surface area contributed by atoms with Gasteiger partial charge >= 0.3 is 6.03 Å². The Balaban J connectivity index is 1.32. The minimum Gasteiger partial charge on any atom is -0.497 e. The number of fused-ring (bicyclic) bond motifs is 1. The van der Waals surface area contributed by atoms with Crippen LogP contribution in [0.3, 0.4) is 0 Å². The van der Waals surface area contributed by atoms with Gasteiger partial charge in [-0.25, -0.2) is 9.69 Å². The molecule has 3 unspecified atom stereocenters. The van der Waals surface area contributed by atoms with Gasteiger partial charge in [-0.2, -0.15) is 4.98 Å². The lowest BCUT2D eigenvalue weighted by molar-refractivity contribution is -0.124. The van der Waals surface area contributed by atoms with Crippen LogP contribution in [0.2, 0.25) is 0 Å². The fraction of sp³-hybridized carbons (Fsp3) is 0.333. The molecule has 1 N–H and O–H groups in total. The summed E-state index contributed by atoms with van der Waals surface area (Å²) in [6.07, 6.45) is 1.98. The Labute approximate surface area is 185 Å². The maximum atomic E-state index is 13.2. The minimum absolute atomic E-state index is 0.00200. The maximum Gasteiger partial charge on any atom is 0.328 e.